The van der Waals surface area contributed by atoms with Crippen molar-refractivity contribution in [1.82, 2.24) is 0 Å². The van der Waals surface area contributed by atoms with Gasteiger partial charge in [0.2, 0.25) is 9.04 Å². The van der Waals surface area contributed by atoms with E-state index in [2.05, 4.69) is 46.2 Å². The molecule has 2 N–H and O–H groups in total. The van der Waals surface area contributed by atoms with Crippen LogP contribution >= 0.6 is 0 Å². The van der Waals surface area contributed by atoms with Crippen molar-refractivity contribution in [1.29, 1.82) is 0 Å². The summed E-state index contributed by atoms with van der Waals surface area (Å²) in [6, 6.07) is 0.942. The zero-order chi connectivity index (χ0) is 16.7. The highest BCUT2D eigenvalue weighted by atomic mass is 28.4. The summed E-state index contributed by atoms with van der Waals surface area (Å²) in [5.74, 6) is -0.255. The second-order valence-electron chi connectivity index (χ2n) is 7.33. The standard InChI is InChI=1S/C13H34O5Si3/c1-8-9-19(16-11-12(15)10-14)13(17-20(2,3)4)18-21(5,6)7/h12-15,19H,8-11H2,1-7H3. The van der Waals surface area contributed by atoms with Crippen LogP contribution in [0.15, 0.2) is 0 Å². The molecular formula is C13H34O5Si3. The van der Waals surface area contributed by atoms with Crippen LogP contribution in [0.5, 0.6) is 0 Å². The molecule has 5 nitrogen and oxygen atoms in total. The summed E-state index contributed by atoms with van der Waals surface area (Å²) in [7, 11) is -5.24. The predicted octanol–water partition coefficient (Wildman–Crippen LogP) is 2.06. The molecule has 0 heterocycles. The van der Waals surface area contributed by atoms with Gasteiger partial charge < -0.3 is 23.5 Å². The van der Waals surface area contributed by atoms with Crippen LogP contribution in [0, 0.1) is 0 Å². The van der Waals surface area contributed by atoms with Gasteiger partial charge in [-0.25, -0.2) is 0 Å². The van der Waals surface area contributed by atoms with E-state index in [-0.39, 0.29) is 19.1 Å². The third-order valence-electron chi connectivity index (χ3n) is 2.53. The van der Waals surface area contributed by atoms with E-state index in [1.807, 2.05) is 0 Å². The molecule has 0 aromatic heterocycles. The van der Waals surface area contributed by atoms with Crippen LogP contribution in [0.25, 0.3) is 0 Å². The van der Waals surface area contributed by atoms with E-state index in [9.17, 15) is 5.11 Å². The number of rotatable bonds is 11. The van der Waals surface area contributed by atoms with E-state index in [4.69, 9.17) is 18.4 Å². The Balaban J connectivity index is 4.90. The summed E-state index contributed by atoms with van der Waals surface area (Å²) in [5, 5.41) is 18.4. The highest BCUT2D eigenvalue weighted by Gasteiger charge is 2.34. The van der Waals surface area contributed by atoms with Crippen molar-refractivity contribution in [2.45, 2.75) is 70.7 Å². The first kappa shape index (κ1) is 21.5. The van der Waals surface area contributed by atoms with Crippen LogP contribution in [0.2, 0.25) is 45.3 Å². The molecule has 0 amide bonds. The van der Waals surface area contributed by atoms with Gasteiger partial charge in [0, 0.05) is 0 Å². The van der Waals surface area contributed by atoms with Gasteiger partial charge in [0.25, 0.3) is 0 Å². The zero-order valence-electron chi connectivity index (χ0n) is 14.7. The molecule has 0 radical (unpaired) electrons. The molecule has 0 aliphatic carbocycles. The molecule has 0 saturated carbocycles. The Morgan fingerprint density at radius 3 is 1.81 bits per heavy atom. The molecule has 0 aliphatic rings. The summed E-state index contributed by atoms with van der Waals surface area (Å²) >= 11 is 0. The maximum absolute atomic E-state index is 9.50. The van der Waals surface area contributed by atoms with Crippen molar-refractivity contribution in [3.63, 3.8) is 0 Å². The molecule has 0 aromatic rings. The van der Waals surface area contributed by atoms with Crippen molar-refractivity contribution < 1.29 is 23.5 Å². The van der Waals surface area contributed by atoms with Gasteiger partial charge in [-0.3, -0.25) is 0 Å². The Morgan fingerprint density at radius 1 is 1.00 bits per heavy atom. The molecule has 0 bridgehead atoms. The lowest BCUT2D eigenvalue weighted by Gasteiger charge is -2.35. The van der Waals surface area contributed by atoms with Crippen LogP contribution in [-0.4, -0.2) is 61.1 Å². The molecule has 0 fully saturated rings. The first-order valence-electron chi connectivity index (χ1n) is 7.74. The summed E-state index contributed by atoms with van der Waals surface area (Å²) in [6.45, 7) is 14.9. The summed E-state index contributed by atoms with van der Waals surface area (Å²) in [4.78, 5) is 0. The van der Waals surface area contributed by atoms with Crippen LogP contribution in [-0.2, 0) is 13.3 Å². The molecule has 21 heavy (non-hydrogen) atoms. The molecule has 2 atom stereocenters. The number of aliphatic hydroxyl groups excluding tert-OH is 2. The van der Waals surface area contributed by atoms with Gasteiger partial charge in [-0.05, 0) is 45.3 Å². The Labute approximate surface area is 133 Å². The minimum Gasteiger partial charge on any atom is -0.412 e. The Hall–Kier alpha value is 0.451. The van der Waals surface area contributed by atoms with E-state index in [1.165, 1.54) is 0 Å². The molecule has 2 unspecified atom stereocenters. The number of hydrogen-bond donors (Lipinski definition) is 2. The van der Waals surface area contributed by atoms with Gasteiger partial charge in [0.15, 0.2) is 16.6 Å². The Kier molecular flexibility index (Phi) is 9.76. The summed E-state index contributed by atoms with van der Waals surface area (Å²) in [5.41, 5.74) is 0. The molecule has 0 spiro atoms. The topological polar surface area (TPSA) is 68.2 Å². The highest BCUT2D eigenvalue weighted by Crippen LogP contribution is 2.19. The predicted molar refractivity (Wildman–Crippen MR) is 93.9 cm³/mol. The first-order valence-corrected chi connectivity index (χ1v) is 16.5. The monoisotopic (exact) mass is 354 g/mol. The average molecular weight is 355 g/mol. The molecule has 0 rings (SSSR count). The third-order valence-corrected chi connectivity index (χ3v) is 7.60. The fraction of sp³-hybridized carbons (Fsp3) is 1.00. The largest absolute Gasteiger partial charge is 0.412 e. The highest BCUT2D eigenvalue weighted by molar-refractivity contribution is 6.72. The SMILES string of the molecule is CCC[SiH](OCC(O)CO)C(O[Si](C)(C)C)O[Si](C)(C)C. The van der Waals surface area contributed by atoms with Crippen molar-refractivity contribution >= 4 is 25.7 Å². The average Bonchev–Trinajstić information content (AvgIpc) is 2.29. The minimum absolute atomic E-state index is 0.161. The van der Waals surface area contributed by atoms with E-state index >= 15 is 0 Å². The maximum atomic E-state index is 9.50. The van der Waals surface area contributed by atoms with Crippen LogP contribution < -0.4 is 0 Å². The second-order valence-corrected chi connectivity index (χ2v) is 18.8. The molecule has 0 aliphatic heterocycles. The van der Waals surface area contributed by atoms with Gasteiger partial charge in [-0.15, -0.1) is 0 Å². The normalized spacial score (nSPS) is 16.3. The molecule has 128 valence electrons. The molecular weight excluding hydrogens is 320 g/mol. The van der Waals surface area contributed by atoms with E-state index in [0.717, 1.165) is 12.5 Å². The fourth-order valence-corrected chi connectivity index (χ4v) is 8.63. The maximum Gasteiger partial charge on any atom is 0.235 e. The molecule has 0 aromatic carbocycles. The Bertz CT molecular complexity index is 262. The third kappa shape index (κ3) is 11.6. The lowest BCUT2D eigenvalue weighted by atomic mass is 10.4. The van der Waals surface area contributed by atoms with Crippen LogP contribution in [0.3, 0.4) is 0 Å². The summed E-state index contributed by atoms with van der Waals surface area (Å²) < 4.78 is 18.4. The minimum atomic E-state index is -1.76. The smallest absolute Gasteiger partial charge is 0.235 e. The first-order chi connectivity index (χ1) is 9.48. The van der Waals surface area contributed by atoms with Crippen molar-refractivity contribution in [2.75, 3.05) is 13.2 Å². The van der Waals surface area contributed by atoms with Crippen molar-refractivity contribution in [2.24, 2.45) is 0 Å². The summed E-state index contributed by atoms with van der Waals surface area (Å²) in [6.07, 6.45) is 0.184. The van der Waals surface area contributed by atoms with E-state index < -0.39 is 31.8 Å². The number of aliphatic hydroxyl groups is 2. The molecule has 0 saturated heterocycles. The van der Waals surface area contributed by atoms with Gasteiger partial charge in [0.1, 0.15) is 5.91 Å². The quantitative estimate of drug-likeness (QED) is 0.439. The number of hydrogen-bond acceptors (Lipinski definition) is 5. The fourth-order valence-electron chi connectivity index (χ4n) is 1.74. The zero-order valence-corrected chi connectivity index (χ0v) is 17.8. The van der Waals surface area contributed by atoms with Crippen LogP contribution in [0.4, 0.5) is 0 Å². The lowest BCUT2D eigenvalue weighted by Crippen LogP contribution is -2.50. The van der Waals surface area contributed by atoms with E-state index in [0.29, 0.717) is 0 Å². The Morgan fingerprint density at radius 2 is 1.48 bits per heavy atom. The second kappa shape index (κ2) is 9.56. The van der Waals surface area contributed by atoms with Gasteiger partial charge in [-0.1, -0.05) is 13.3 Å². The van der Waals surface area contributed by atoms with Gasteiger partial charge >= 0.3 is 0 Å². The van der Waals surface area contributed by atoms with Crippen LogP contribution in [0.1, 0.15) is 13.3 Å². The lowest BCUT2D eigenvalue weighted by molar-refractivity contribution is 0.0186. The van der Waals surface area contributed by atoms with Crippen molar-refractivity contribution in [3.8, 4) is 0 Å². The van der Waals surface area contributed by atoms with E-state index in [1.54, 1.807) is 0 Å². The van der Waals surface area contributed by atoms with Gasteiger partial charge in [-0.2, -0.15) is 0 Å². The van der Waals surface area contributed by atoms with Gasteiger partial charge in [0.05, 0.1) is 19.3 Å². The van der Waals surface area contributed by atoms with Crippen molar-refractivity contribution in [3.05, 3.63) is 0 Å². The molecule has 8 heteroatoms.